The number of ether oxygens (including phenoxy) is 3. The fraction of sp³-hybridized carbons (Fsp3) is 0.650. The van der Waals surface area contributed by atoms with E-state index in [0.717, 1.165) is 29.8 Å². The summed E-state index contributed by atoms with van der Waals surface area (Å²) in [4.78, 5) is 11.5. The van der Waals surface area contributed by atoms with E-state index in [4.69, 9.17) is 25.8 Å². The maximum Gasteiger partial charge on any atom is 0.302 e. The van der Waals surface area contributed by atoms with Crippen molar-refractivity contribution >= 4 is 17.6 Å². The Kier molecular flexibility index (Phi) is 4.68. The quantitative estimate of drug-likeness (QED) is 0.743. The summed E-state index contributed by atoms with van der Waals surface area (Å²) in [6.07, 6.45) is 2.29. The highest BCUT2D eigenvalue weighted by Gasteiger charge is 2.57. The van der Waals surface area contributed by atoms with Gasteiger partial charge in [0.2, 0.25) is 0 Å². The van der Waals surface area contributed by atoms with Crippen LogP contribution in [0.3, 0.4) is 0 Å². The van der Waals surface area contributed by atoms with Crippen LogP contribution in [0.1, 0.15) is 58.6 Å². The van der Waals surface area contributed by atoms with Gasteiger partial charge in [-0.1, -0.05) is 17.7 Å². The smallest absolute Gasteiger partial charge is 0.302 e. The molecule has 1 aromatic carbocycles. The Balaban J connectivity index is 2.06. The van der Waals surface area contributed by atoms with Crippen molar-refractivity contribution < 1.29 is 19.0 Å². The molecule has 138 valence electrons. The van der Waals surface area contributed by atoms with E-state index in [2.05, 4.69) is 0 Å². The predicted molar refractivity (Wildman–Crippen MR) is 96.8 cm³/mol. The molecule has 0 radical (unpaired) electrons. The zero-order chi connectivity index (χ0) is 18.5. The van der Waals surface area contributed by atoms with Crippen LogP contribution in [0.2, 0.25) is 5.02 Å². The van der Waals surface area contributed by atoms with E-state index in [1.54, 1.807) is 0 Å². The summed E-state index contributed by atoms with van der Waals surface area (Å²) < 4.78 is 18.2. The Morgan fingerprint density at radius 3 is 2.48 bits per heavy atom. The van der Waals surface area contributed by atoms with Crippen molar-refractivity contribution in [1.82, 2.24) is 0 Å². The van der Waals surface area contributed by atoms with Gasteiger partial charge in [0.05, 0.1) is 16.6 Å². The summed E-state index contributed by atoms with van der Waals surface area (Å²) in [7, 11) is 0. The first-order valence-corrected chi connectivity index (χ1v) is 9.23. The molecule has 0 aromatic heterocycles. The average molecular weight is 367 g/mol. The van der Waals surface area contributed by atoms with E-state index in [0.29, 0.717) is 0 Å². The summed E-state index contributed by atoms with van der Waals surface area (Å²) in [6.45, 7) is 9.84. The number of carbonyl (C=O) groups excluding carboxylic acids is 1. The molecule has 0 spiro atoms. The van der Waals surface area contributed by atoms with Gasteiger partial charge in [-0.15, -0.1) is 0 Å². The normalized spacial score (nSPS) is 27.8. The molecule has 4 nitrogen and oxygen atoms in total. The lowest BCUT2D eigenvalue weighted by atomic mass is 9.69. The molecule has 1 fully saturated rings. The summed E-state index contributed by atoms with van der Waals surface area (Å²) in [5.74, 6) is -0.294. The van der Waals surface area contributed by atoms with E-state index >= 15 is 0 Å². The minimum Gasteiger partial charge on any atom is -0.465 e. The molecule has 0 N–H and O–H groups in total. The fourth-order valence-corrected chi connectivity index (χ4v) is 3.94. The molecule has 3 rings (SSSR count). The summed E-state index contributed by atoms with van der Waals surface area (Å²) in [5, 5.41) is 0.718. The SMILES string of the molecule is CC(=O)OC[C@@]1(C2OC(C)(C)C(C)(C)O2)CCCc2cc(Cl)ccc21. The largest absolute Gasteiger partial charge is 0.465 e. The molecular weight excluding hydrogens is 340 g/mol. The maximum absolute atomic E-state index is 11.5. The van der Waals surface area contributed by atoms with E-state index in [-0.39, 0.29) is 12.6 Å². The molecule has 1 aliphatic carbocycles. The Bertz CT molecular complexity index is 666. The van der Waals surface area contributed by atoms with Crippen LogP contribution in [0.5, 0.6) is 0 Å². The molecule has 1 heterocycles. The van der Waals surface area contributed by atoms with Gasteiger partial charge in [0.25, 0.3) is 0 Å². The van der Waals surface area contributed by atoms with Crippen molar-refractivity contribution in [3.8, 4) is 0 Å². The molecule has 1 aliphatic heterocycles. The number of carbonyl (C=O) groups is 1. The van der Waals surface area contributed by atoms with Gasteiger partial charge >= 0.3 is 5.97 Å². The Morgan fingerprint density at radius 1 is 1.24 bits per heavy atom. The molecule has 1 aromatic rings. The lowest BCUT2D eigenvalue weighted by molar-refractivity contribution is -0.167. The van der Waals surface area contributed by atoms with Gasteiger partial charge in [-0.25, -0.2) is 0 Å². The first kappa shape index (κ1) is 18.7. The van der Waals surface area contributed by atoms with Gasteiger partial charge in [-0.2, -0.15) is 0 Å². The predicted octanol–water partition coefficient (Wildman–Crippen LogP) is 4.41. The maximum atomic E-state index is 11.5. The van der Waals surface area contributed by atoms with Gasteiger partial charge in [0, 0.05) is 11.9 Å². The molecule has 1 atom stereocenters. The third-order valence-electron chi connectivity index (χ3n) is 5.91. The van der Waals surface area contributed by atoms with E-state index < -0.39 is 22.9 Å². The molecule has 5 heteroatoms. The zero-order valence-corrected chi connectivity index (χ0v) is 16.4. The molecule has 0 amide bonds. The van der Waals surface area contributed by atoms with Gasteiger partial charge in [-0.3, -0.25) is 4.79 Å². The van der Waals surface area contributed by atoms with Crippen LogP contribution in [-0.4, -0.2) is 30.1 Å². The summed E-state index contributed by atoms with van der Waals surface area (Å²) in [5.41, 5.74) is 0.897. The number of benzene rings is 1. The number of hydrogen-bond donors (Lipinski definition) is 0. The van der Waals surface area contributed by atoms with Crippen LogP contribution in [0, 0.1) is 0 Å². The number of rotatable bonds is 3. The van der Waals surface area contributed by atoms with Crippen molar-refractivity contribution in [3.05, 3.63) is 34.3 Å². The first-order valence-electron chi connectivity index (χ1n) is 8.85. The Morgan fingerprint density at radius 2 is 1.88 bits per heavy atom. The zero-order valence-electron chi connectivity index (χ0n) is 15.6. The number of hydrogen-bond acceptors (Lipinski definition) is 4. The number of esters is 1. The van der Waals surface area contributed by atoms with Crippen LogP contribution < -0.4 is 0 Å². The highest BCUT2D eigenvalue weighted by molar-refractivity contribution is 6.30. The third kappa shape index (κ3) is 3.20. The second kappa shape index (κ2) is 6.26. The molecular formula is C20H27ClO4. The minimum atomic E-state index is -0.519. The number of fused-ring (bicyclic) bond motifs is 1. The van der Waals surface area contributed by atoms with Gasteiger partial charge in [-0.05, 0) is 70.2 Å². The lowest BCUT2D eigenvalue weighted by Crippen LogP contribution is -2.48. The minimum absolute atomic E-state index is 0.244. The molecule has 0 bridgehead atoms. The van der Waals surface area contributed by atoms with Gasteiger partial charge in [0.1, 0.15) is 6.61 Å². The lowest BCUT2D eigenvalue weighted by Gasteiger charge is -2.42. The Hall–Kier alpha value is -1.10. The van der Waals surface area contributed by atoms with Crippen LogP contribution in [0.25, 0.3) is 0 Å². The topological polar surface area (TPSA) is 44.8 Å². The van der Waals surface area contributed by atoms with Crippen LogP contribution in [0.4, 0.5) is 0 Å². The first-order chi connectivity index (χ1) is 11.6. The molecule has 1 saturated heterocycles. The highest BCUT2D eigenvalue weighted by Crippen LogP contribution is 2.50. The number of aryl methyl sites for hydroxylation is 1. The van der Waals surface area contributed by atoms with Crippen molar-refractivity contribution in [3.63, 3.8) is 0 Å². The number of halogens is 1. The molecule has 0 unspecified atom stereocenters. The van der Waals surface area contributed by atoms with E-state index in [1.807, 2.05) is 45.9 Å². The average Bonchev–Trinajstić information content (AvgIpc) is 2.73. The van der Waals surface area contributed by atoms with Crippen molar-refractivity contribution in [2.75, 3.05) is 6.61 Å². The van der Waals surface area contributed by atoms with Crippen LogP contribution >= 0.6 is 11.6 Å². The van der Waals surface area contributed by atoms with Crippen LogP contribution in [0.15, 0.2) is 18.2 Å². The standard InChI is InChI=1S/C20H27ClO4/c1-13(22)23-12-20(17-24-18(2,3)19(4,5)25-17)10-6-7-14-11-15(21)8-9-16(14)20/h8-9,11,17H,6-7,10,12H2,1-5H3/t20-/m0/s1. The monoisotopic (exact) mass is 366 g/mol. The van der Waals surface area contributed by atoms with Crippen molar-refractivity contribution in [2.45, 2.75) is 76.8 Å². The fourth-order valence-electron chi connectivity index (χ4n) is 3.75. The molecule has 2 aliphatic rings. The van der Waals surface area contributed by atoms with Crippen molar-refractivity contribution in [1.29, 1.82) is 0 Å². The third-order valence-corrected chi connectivity index (χ3v) is 6.15. The second-order valence-electron chi connectivity index (χ2n) is 8.18. The van der Waals surface area contributed by atoms with Gasteiger partial charge in [0.15, 0.2) is 6.29 Å². The van der Waals surface area contributed by atoms with Crippen LogP contribution in [-0.2, 0) is 30.8 Å². The van der Waals surface area contributed by atoms with Crippen molar-refractivity contribution in [2.24, 2.45) is 0 Å². The summed E-state index contributed by atoms with van der Waals surface area (Å²) >= 11 is 6.20. The van der Waals surface area contributed by atoms with Gasteiger partial charge < -0.3 is 14.2 Å². The second-order valence-corrected chi connectivity index (χ2v) is 8.62. The molecule has 25 heavy (non-hydrogen) atoms. The molecule has 0 saturated carbocycles. The van der Waals surface area contributed by atoms with E-state index in [1.165, 1.54) is 12.5 Å². The Labute approximate surface area is 154 Å². The highest BCUT2D eigenvalue weighted by atomic mass is 35.5. The summed E-state index contributed by atoms with van der Waals surface area (Å²) in [6, 6.07) is 5.93. The van der Waals surface area contributed by atoms with E-state index in [9.17, 15) is 4.79 Å².